The predicted octanol–water partition coefficient (Wildman–Crippen LogP) is 2.78. The topological polar surface area (TPSA) is 41.0 Å². The zero-order chi connectivity index (χ0) is 21.3. The number of piperazine rings is 1. The number of methoxy groups -OCH3 is 1. The van der Waals surface area contributed by atoms with E-state index in [1.54, 1.807) is 12.0 Å². The Balaban J connectivity index is 1.30. The quantitative estimate of drug-likeness (QED) is 0.447. The third-order valence-corrected chi connectivity index (χ3v) is 5.87. The van der Waals surface area contributed by atoms with Crippen molar-refractivity contribution in [2.24, 2.45) is 0 Å². The fourth-order valence-corrected chi connectivity index (χ4v) is 4.35. The average Bonchev–Trinajstić information content (AvgIpc) is 2.73. The van der Waals surface area contributed by atoms with E-state index < -0.39 is 0 Å². The Morgan fingerprint density at radius 1 is 1.07 bits per heavy atom. The molecule has 1 fully saturated rings. The number of thiocarbonyl (C=S) groups is 1. The monoisotopic (exact) mass is 427 g/mol. The van der Waals surface area contributed by atoms with E-state index in [4.69, 9.17) is 17.0 Å². The molecule has 5 nitrogen and oxygen atoms in total. The molecule has 0 atom stereocenters. The summed E-state index contributed by atoms with van der Waals surface area (Å²) in [6.07, 6.45) is 2.34. The SMILES string of the molecule is COc1ccccc1N1CC[NH+](CCCCNC(=S)Nc2cc(C)cc(C)c2)CC1. The molecule has 162 valence electrons. The third-order valence-electron chi connectivity index (χ3n) is 5.62. The van der Waals surface area contributed by atoms with Gasteiger partial charge >= 0.3 is 0 Å². The predicted molar refractivity (Wildman–Crippen MR) is 130 cm³/mol. The number of hydrogen-bond donors (Lipinski definition) is 3. The first kappa shape index (κ1) is 22.4. The number of unbranched alkanes of at least 4 members (excludes halogenated alkanes) is 1. The van der Waals surface area contributed by atoms with Crippen molar-refractivity contribution in [2.75, 3.05) is 56.6 Å². The molecule has 0 aromatic heterocycles. The van der Waals surface area contributed by atoms with Crippen LogP contribution in [0.1, 0.15) is 24.0 Å². The van der Waals surface area contributed by atoms with Crippen molar-refractivity contribution < 1.29 is 9.64 Å². The molecule has 0 aliphatic carbocycles. The van der Waals surface area contributed by atoms with Crippen molar-refractivity contribution in [1.82, 2.24) is 5.32 Å². The van der Waals surface area contributed by atoms with E-state index in [2.05, 4.69) is 59.7 Å². The van der Waals surface area contributed by atoms with E-state index in [9.17, 15) is 0 Å². The molecule has 1 heterocycles. The first-order valence-electron chi connectivity index (χ1n) is 10.9. The highest BCUT2D eigenvalue weighted by Gasteiger charge is 2.21. The largest absolute Gasteiger partial charge is 0.495 e. The second-order valence-electron chi connectivity index (χ2n) is 8.12. The summed E-state index contributed by atoms with van der Waals surface area (Å²) in [6.45, 7) is 10.9. The van der Waals surface area contributed by atoms with Gasteiger partial charge in [-0.25, -0.2) is 0 Å². The van der Waals surface area contributed by atoms with Crippen LogP contribution in [0.4, 0.5) is 11.4 Å². The molecule has 6 heteroatoms. The van der Waals surface area contributed by atoms with Gasteiger partial charge in [0.2, 0.25) is 0 Å². The van der Waals surface area contributed by atoms with Crippen LogP contribution in [0.25, 0.3) is 0 Å². The molecule has 1 saturated heterocycles. The number of ether oxygens (including phenoxy) is 1. The summed E-state index contributed by atoms with van der Waals surface area (Å²) in [7, 11) is 1.75. The summed E-state index contributed by atoms with van der Waals surface area (Å²) in [5.74, 6) is 0.970. The summed E-state index contributed by atoms with van der Waals surface area (Å²) >= 11 is 5.43. The van der Waals surface area contributed by atoms with Crippen molar-refractivity contribution in [3.63, 3.8) is 0 Å². The molecule has 0 bridgehead atoms. The maximum Gasteiger partial charge on any atom is 0.170 e. The number of nitrogens with zero attached hydrogens (tertiary/aromatic N) is 1. The van der Waals surface area contributed by atoms with Crippen molar-refractivity contribution in [2.45, 2.75) is 26.7 Å². The highest BCUT2D eigenvalue weighted by molar-refractivity contribution is 7.80. The van der Waals surface area contributed by atoms with Gasteiger partial charge in [0.05, 0.1) is 45.5 Å². The van der Waals surface area contributed by atoms with Crippen LogP contribution in [-0.4, -0.2) is 51.5 Å². The Labute approximate surface area is 186 Å². The molecule has 3 rings (SSSR count). The fourth-order valence-electron chi connectivity index (χ4n) is 4.13. The molecule has 0 saturated carbocycles. The Kier molecular flexibility index (Phi) is 8.34. The average molecular weight is 428 g/mol. The van der Waals surface area contributed by atoms with E-state index in [0.717, 1.165) is 37.5 Å². The van der Waals surface area contributed by atoms with Gasteiger partial charge in [0.25, 0.3) is 0 Å². The van der Waals surface area contributed by atoms with Gasteiger partial charge in [0.15, 0.2) is 5.11 Å². The van der Waals surface area contributed by atoms with Gasteiger partial charge in [-0.05, 0) is 74.3 Å². The molecule has 2 aromatic carbocycles. The first-order valence-corrected chi connectivity index (χ1v) is 11.3. The van der Waals surface area contributed by atoms with Crippen LogP contribution in [0, 0.1) is 13.8 Å². The molecule has 0 spiro atoms. The molecular weight excluding hydrogens is 392 g/mol. The lowest BCUT2D eigenvalue weighted by Gasteiger charge is -2.34. The zero-order valence-electron chi connectivity index (χ0n) is 18.5. The Hall–Kier alpha value is -2.31. The van der Waals surface area contributed by atoms with Crippen molar-refractivity contribution in [3.05, 3.63) is 53.6 Å². The van der Waals surface area contributed by atoms with Crippen LogP contribution in [0.5, 0.6) is 5.75 Å². The second kappa shape index (κ2) is 11.2. The van der Waals surface area contributed by atoms with Gasteiger partial charge in [0.1, 0.15) is 5.75 Å². The first-order chi connectivity index (χ1) is 14.5. The van der Waals surface area contributed by atoms with E-state index in [0.29, 0.717) is 5.11 Å². The number of anilines is 2. The smallest absolute Gasteiger partial charge is 0.170 e. The molecule has 0 amide bonds. The van der Waals surface area contributed by atoms with Crippen LogP contribution < -0.4 is 25.2 Å². The Morgan fingerprint density at radius 3 is 2.47 bits per heavy atom. The van der Waals surface area contributed by atoms with Crippen molar-refractivity contribution >= 4 is 28.7 Å². The molecule has 3 N–H and O–H groups in total. The normalized spacial score (nSPS) is 14.4. The van der Waals surface area contributed by atoms with Gasteiger partial charge in [-0.2, -0.15) is 0 Å². The molecular formula is C24H35N4OS+. The van der Waals surface area contributed by atoms with E-state index >= 15 is 0 Å². The van der Waals surface area contributed by atoms with Crippen molar-refractivity contribution in [1.29, 1.82) is 0 Å². The summed E-state index contributed by atoms with van der Waals surface area (Å²) in [4.78, 5) is 4.14. The molecule has 1 aliphatic rings. The number of benzene rings is 2. The lowest BCUT2D eigenvalue weighted by atomic mass is 10.1. The van der Waals surface area contributed by atoms with Gasteiger partial charge in [-0.15, -0.1) is 0 Å². The number of nitrogens with one attached hydrogen (secondary N) is 3. The minimum absolute atomic E-state index is 0.706. The minimum Gasteiger partial charge on any atom is -0.495 e. The molecule has 0 unspecified atom stereocenters. The summed E-state index contributed by atoms with van der Waals surface area (Å²) in [5.41, 5.74) is 4.76. The number of aryl methyl sites for hydroxylation is 2. The number of hydrogen-bond acceptors (Lipinski definition) is 3. The van der Waals surface area contributed by atoms with Crippen LogP contribution in [0.2, 0.25) is 0 Å². The van der Waals surface area contributed by atoms with Crippen LogP contribution in [0.3, 0.4) is 0 Å². The highest BCUT2D eigenvalue weighted by atomic mass is 32.1. The van der Waals surface area contributed by atoms with E-state index in [-0.39, 0.29) is 0 Å². The maximum atomic E-state index is 5.51. The van der Waals surface area contributed by atoms with E-state index in [1.807, 2.05) is 12.1 Å². The second-order valence-corrected chi connectivity index (χ2v) is 8.53. The third kappa shape index (κ3) is 6.61. The van der Waals surface area contributed by atoms with Gasteiger partial charge in [0, 0.05) is 12.2 Å². The van der Waals surface area contributed by atoms with E-state index in [1.165, 1.54) is 42.9 Å². The standard InChI is InChI=1S/C24H34N4OS/c1-19-16-20(2)18-21(17-19)26-24(30)25-10-6-7-11-27-12-14-28(15-13-27)22-8-4-5-9-23(22)29-3/h4-5,8-9,16-18H,6-7,10-15H2,1-3H3,(H2,25,26,30)/p+1. The number of para-hydroxylation sites is 2. The van der Waals surface area contributed by atoms with Gasteiger partial charge in [-0.1, -0.05) is 18.2 Å². The lowest BCUT2D eigenvalue weighted by Crippen LogP contribution is -3.14. The Morgan fingerprint density at radius 2 is 1.77 bits per heavy atom. The molecule has 0 radical (unpaired) electrons. The summed E-state index contributed by atoms with van der Waals surface area (Å²) in [6, 6.07) is 14.7. The lowest BCUT2D eigenvalue weighted by molar-refractivity contribution is -0.900. The summed E-state index contributed by atoms with van der Waals surface area (Å²) in [5, 5.41) is 7.34. The Bertz CT molecular complexity index is 813. The number of quaternary nitrogens is 1. The maximum absolute atomic E-state index is 5.51. The van der Waals surface area contributed by atoms with Crippen LogP contribution >= 0.6 is 12.2 Å². The zero-order valence-corrected chi connectivity index (χ0v) is 19.3. The number of rotatable bonds is 8. The fraction of sp³-hybridized carbons (Fsp3) is 0.458. The van der Waals surface area contributed by atoms with Gasteiger partial charge in [-0.3, -0.25) is 0 Å². The van der Waals surface area contributed by atoms with Gasteiger partial charge < -0.3 is 25.2 Å². The summed E-state index contributed by atoms with van der Waals surface area (Å²) < 4.78 is 5.51. The molecule has 2 aromatic rings. The van der Waals surface area contributed by atoms with Crippen LogP contribution in [-0.2, 0) is 0 Å². The minimum atomic E-state index is 0.706. The van der Waals surface area contributed by atoms with Crippen LogP contribution in [0.15, 0.2) is 42.5 Å². The van der Waals surface area contributed by atoms with Crippen molar-refractivity contribution in [3.8, 4) is 5.75 Å². The highest BCUT2D eigenvalue weighted by Crippen LogP contribution is 2.27. The molecule has 1 aliphatic heterocycles. The molecule has 30 heavy (non-hydrogen) atoms.